The van der Waals surface area contributed by atoms with Gasteiger partial charge in [-0.1, -0.05) is 0 Å². The lowest BCUT2D eigenvalue weighted by molar-refractivity contribution is -0.0395. The van der Waals surface area contributed by atoms with Crippen LogP contribution < -0.4 is 0 Å². The average molecular weight is 320 g/mol. The van der Waals surface area contributed by atoms with Crippen molar-refractivity contribution < 1.29 is 14.3 Å². The highest BCUT2D eigenvalue weighted by atomic mass is 16.5. The number of hydrogen-bond acceptors (Lipinski definition) is 5. The maximum Gasteiger partial charge on any atom is 0.257 e. The maximum absolute atomic E-state index is 13.0. The van der Waals surface area contributed by atoms with Crippen molar-refractivity contribution in [3.05, 3.63) is 17.5 Å². The van der Waals surface area contributed by atoms with Crippen LogP contribution in [-0.4, -0.2) is 84.6 Å². The molecule has 3 aliphatic rings. The monoisotopic (exact) mass is 320 g/mol. The molecule has 0 spiro atoms. The first-order valence-electron chi connectivity index (χ1n) is 8.55. The Labute approximate surface area is 135 Å². The normalized spacial score (nSPS) is 27.0. The van der Waals surface area contributed by atoms with E-state index >= 15 is 0 Å². The largest absolute Gasteiger partial charge is 0.381 e. The lowest BCUT2D eigenvalue weighted by Gasteiger charge is -2.43. The molecule has 1 unspecified atom stereocenters. The van der Waals surface area contributed by atoms with Gasteiger partial charge < -0.3 is 14.4 Å². The van der Waals surface area contributed by atoms with Crippen molar-refractivity contribution in [3.8, 4) is 0 Å². The number of aromatic nitrogens is 2. The number of morpholine rings is 1. The van der Waals surface area contributed by atoms with Crippen LogP contribution in [0.25, 0.3) is 0 Å². The SMILES string of the molecule is O=C(c1cn[nH]c1C1CCOCC1)N1CCN2CCOCC2C1. The first kappa shape index (κ1) is 15.1. The molecule has 7 heteroatoms. The number of ether oxygens (including phenoxy) is 2. The number of carbonyl (C=O) groups is 1. The fraction of sp³-hybridized carbons (Fsp3) is 0.750. The van der Waals surface area contributed by atoms with E-state index in [4.69, 9.17) is 9.47 Å². The van der Waals surface area contributed by atoms with Crippen LogP contribution in [0.2, 0.25) is 0 Å². The van der Waals surface area contributed by atoms with Crippen LogP contribution in [0.15, 0.2) is 6.20 Å². The molecule has 0 saturated carbocycles. The van der Waals surface area contributed by atoms with Gasteiger partial charge in [-0.25, -0.2) is 0 Å². The van der Waals surface area contributed by atoms with Crippen LogP contribution in [-0.2, 0) is 9.47 Å². The molecule has 3 saturated heterocycles. The minimum atomic E-state index is 0.102. The number of nitrogens with one attached hydrogen (secondary N) is 1. The zero-order chi connectivity index (χ0) is 15.6. The van der Waals surface area contributed by atoms with Gasteiger partial charge in [0.2, 0.25) is 0 Å². The molecule has 0 aromatic carbocycles. The minimum absolute atomic E-state index is 0.102. The van der Waals surface area contributed by atoms with Crippen molar-refractivity contribution in [1.82, 2.24) is 20.0 Å². The topological polar surface area (TPSA) is 70.7 Å². The molecule has 3 aliphatic heterocycles. The van der Waals surface area contributed by atoms with E-state index < -0.39 is 0 Å². The first-order chi connectivity index (χ1) is 11.3. The maximum atomic E-state index is 13.0. The number of nitrogens with zero attached hydrogens (tertiary/aromatic N) is 3. The van der Waals surface area contributed by atoms with Gasteiger partial charge in [0.15, 0.2) is 0 Å². The summed E-state index contributed by atoms with van der Waals surface area (Å²) in [6, 6.07) is 0.333. The van der Waals surface area contributed by atoms with E-state index in [0.717, 1.165) is 76.7 Å². The molecular weight excluding hydrogens is 296 g/mol. The van der Waals surface area contributed by atoms with E-state index in [1.165, 1.54) is 0 Å². The Morgan fingerprint density at radius 3 is 2.91 bits per heavy atom. The highest BCUT2D eigenvalue weighted by Gasteiger charge is 2.33. The van der Waals surface area contributed by atoms with Crippen molar-refractivity contribution in [3.63, 3.8) is 0 Å². The molecule has 4 heterocycles. The van der Waals surface area contributed by atoms with Gasteiger partial charge in [-0.05, 0) is 12.8 Å². The summed E-state index contributed by atoms with van der Waals surface area (Å²) in [5, 5.41) is 7.21. The standard InChI is InChI=1S/C16H24N4O3/c21-16(20-4-3-19-5-8-23-11-13(19)10-20)14-9-17-18-15(14)12-1-6-22-7-2-12/h9,12-13H,1-8,10-11H2,(H,17,18). The lowest BCUT2D eigenvalue weighted by atomic mass is 9.93. The van der Waals surface area contributed by atoms with Crippen LogP contribution >= 0.6 is 0 Å². The number of aromatic amines is 1. The van der Waals surface area contributed by atoms with Gasteiger partial charge in [0.25, 0.3) is 5.91 Å². The average Bonchev–Trinajstić information content (AvgIpc) is 3.11. The van der Waals surface area contributed by atoms with E-state index in [-0.39, 0.29) is 5.91 Å². The van der Waals surface area contributed by atoms with Gasteiger partial charge in [-0.2, -0.15) is 5.10 Å². The van der Waals surface area contributed by atoms with Gasteiger partial charge in [0, 0.05) is 45.3 Å². The number of hydrogen-bond donors (Lipinski definition) is 1. The van der Waals surface area contributed by atoms with E-state index in [2.05, 4.69) is 15.1 Å². The molecule has 1 aromatic heterocycles. The highest BCUT2D eigenvalue weighted by Crippen LogP contribution is 2.28. The summed E-state index contributed by atoms with van der Waals surface area (Å²) in [7, 11) is 0. The molecule has 1 N–H and O–H groups in total. The Kier molecular flexibility index (Phi) is 4.33. The molecule has 3 fully saturated rings. The van der Waals surface area contributed by atoms with Crippen molar-refractivity contribution in [2.24, 2.45) is 0 Å². The number of piperazine rings is 1. The quantitative estimate of drug-likeness (QED) is 0.857. The van der Waals surface area contributed by atoms with Gasteiger partial charge in [0.05, 0.1) is 36.7 Å². The molecule has 1 aromatic rings. The second kappa shape index (κ2) is 6.59. The lowest BCUT2D eigenvalue weighted by Crippen LogP contribution is -2.59. The number of H-pyrrole nitrogens is 1. The van der Waals surface area contributed by atoms with Crippen LogP contribution in [0.4, 0.5) is 0 Å². The van der Waals surface area contributed by atoms with Gasteiger partial charge in [-0.15, -0.1) is 0 Å². The number of amides is 1. The molecule has 23 heavy (non-hydrogen) atoms. The van der Waals surface area contributed by atoms with Gasteiger partial charge in [0.1, 0.15) is 0 Å². The second-order valence-electron chi connectivity index (χ2n) is 6.60. The Balaban J connectivity index is 1.48. The van der Waals surface area contributed by atoms with Crippen LogP contribution in [0.1, 0.15) is 34.8 Å². The highest BCUT2D eigenvalue weighted by molar-refractivity contribution is 5.95. The molecule has 0 aliphatic carbocycles. The van der Waals surface area contributed by atoms with Crippen LogP contribution in [0, 0.1) is 0 Å². The van der Waals surface area contributed by atoms with Crippen molar-refractivity contribution >= 4 is 5.91 Å². The van der Waals surface area contributed by atoms with Crippen molar-refractivity contribution in [2.75, 3.05) is 52.6 Å². The van der Waals surface area contributed by atoms with E-state index in [1.807, 2.05) is 4.90 Å². The number of carbonyl (C=O) groups excluding carboxylic acids is 1. The third-order valence-corrected chi connectivity index (χ3v) is 5.25. The zero-order valence-electron chi connectivity index (χ0n) is 13.4. The minimum Gasteiger partial charge on any atom is -0.381 e. The molecule has 126 valence electrons. The van der Waals surface area contributed by atoms with Gasteiger partial charge >= 0.3 is 0 Å². The van der Waals surface area contributed by atoms with E-state index in [0.29, 0.717) is 12.0 Å². The summed E-state index contributed by atoms with van der Waals surface area (Å²) in [6.07, 6.45) is 3.59. The predicted molar refractivity (Wildman–Crippen MR) is 83.5 cm³/mol. The summed E-state index contributed by atoms with van der Waals surface area (Å²) >= 11 is 0. The molecule has 1 amide bonds. The summed E-state index contributed by atoms with van der Waals surface area (Å²) in [4.78, 5) is 17.4. The Bertz CT molecular complexity index is 555. The molecule has 7 nitrogen and oxygen atoms in total. The summed E-state index contributed by atoms with van der Waals surface area (Å²) < 4.78 is 11.0. The molecule has 0 radical (unpaired) electrons. The fourth-order valence-corrected chi connectivity index (χ4v) is 3.87. The predicted octanol–water partition coefficient (Wildman–Crippen LogP) is 0.460. The summed E-state index contributed by atoms with van der Waals surface area (Å²) in [5.41, 5.74) is 1.72. The van der Waals surface area contributed by atoms with E-state index in [9.17, 15) is 4.79 Å². The first-order valence-corrected chi connectivity index (χ1v) is 8.55. The number of rotatable bonds is 2. The van der Waals surface area contributed by atoms with Crippen molar-refractivity contribution in [2.45, 2.75) is 24.8 Å². The molecular formula is C16H24N4O3. The Hall–Kier alpha value is -1.44. The van der Waals surface area contributed by atoms with Gasteiger partial charge in [-0.3, -0.25) is 14.8 Å². The summed E-state index contributed by atoms with van der Waals surface area (Å²) in [6.45, 7) is 6.49. The molecule has 0 bridgehead atoms. The Morgan fingerprint density at radius 1 is 1.17 bits per heavy atom. The summed E-state index contributed by atoms with van der Waals surface area (Å²) in [5.74, 6) is 0.454. The second-order valence-corrected chi connectivity index (χ2v) is 6.60. The molecule has 1 atom stereocenters. The third kappa shape index (κ3) is 3.00. The smallest absolute Gasteiger partial charge is 0.257 e. The zero-order valence-corrected chi connectivity index (χ0v) is 13.4. The number of fused-ring (bicyclic) bond motifs is 1. The van der Waals surface area contributed by atoms with Crippen LogP contribution in [0.3, 0.4) is 0 Å². The van der Waals surface area contributed by atoms with Crippen molar-refractivity contribution in [1.29, 1.82) is 0 Å². The third-order valence-electron chi connectivity index (χ3n) is 5.25. The van der Waals surface area contributed by atoms with Crippen LogP contribution in [0.5, 0.6) is 0 Å². The fourth-order valence-electron chi connectivity index (χ4n) is 3.87. The Morgan fingerprint density at radius 2 is 2.04 bits per heavy atom. The molecule has 4 rings (SSSR count). The van der Waals surface area contributed by atoms with E-state index in [1.54, 1.807) is 6.20 Å².